The molecule has 6 nitrogen and oxygen atoms in total. The van der Waals surface area contributed by atoms with E-state index in [9.17, 15) is 18.0 Å². The number of rotatable bonds is 5. The lowest BCUT2D eigenvalue weighted by Crippen LogP contribution is -2.38. The highest BCUT2D eigenvalue weighted by molar-refractivity contribution is 6.30. The normalized spacial score (nSPS) is 15.2. The molecule has 10 heteroatoms. The molecule has 3 rings (SSSR count). The van der Waals surface area contributed by atoms with Gasteiger partial charge in [-0.2, -0.15) is 5.10 Å². The van der Waals surface area contributed by atoms with Crippen molar-refractivity contribution in [3.63, 3.8) is 0 Å². The third-order valence-electron chi connectivity index (χ3n) is 4.16. The number of hydrogen-bond donors (Lipinski definition) is 1. The van der Waals surface area contributed by atoms with Gasteiger partial charge in [0.2, 0.25) is 5.82 Å². The van der Waals surface area contributed by atoms with Gasteiger partial charge in [-0.05, 0) is 36.6 Å². The number of ether oxygens (including phenoxy) is 1. The van der Waals surface area contributed by atoms with Crippen LogP contribution in [0.1, 0.15) is 41.9 Å². The lowest BCUT2D eigenvalue weighted by atomic mass is 10.1. The molecule has 1 aromatic heterocycles. The summed E-state index contributed by atoms with van der Waals surface area (Å²) in [5, 5.41) is 6.30. The fourth-order valence-electron chi connectivity index (χ4n) is 3.13. The molecule has 26 heavy (non-hydrogen) atoms. The van der Waals surface area contributed by atoms with E-state index >= 15 is 0 Å². The Morgan fingerprint density at radius 1 is 1.31 bits per heavy atom. The molecule has 1 N–H and O–H groups in total. The Kier molecular flexibility index (Phi) is 5.36. The van der Waals surface area contributed by atoms with Crippen LogP contribution < -0.4 is 4.74 Å². The lowest BCUT2D eigenvalue weighted by molar-refractivity contribution is -0.274. The summed E-state index contributed by atoms with van der Waals surface area (Å²) in [4.78, 5) is 18.2. The first-order valence-electron chi connectivity index (χ1n) is 8.03. The second-order valence-electron chi connectivity index (χ2n) is 6.05. The van der Waals surface area contributed by atoms with Gasteiger partial charge in [0.05, 0.1) is 0 Å². The molecule has 140 valence electrons. The number of carbonyl (C=O) groups is 1. The van der Waals surface area contributed by atoms with Crippen molar-refractivity contribution in [2.75, 3.05) is 0 Å². The third-order valence-corrected chi connectivity index (χ3v) is 4.38. The van der Waals surface area contributed by atoms with Gasteiger partial charge >= 0.3 is 6.36 Å². The highest BCUT2D eigenvalue weighted by Crippen LogP contribution is 2.30. The number of aromatic amines is 1. The number of carbonyl (C=O) groups excluding carboxylic acids is 1. The Bertz CT molecular complexity index is 761. The van der Waals surface area contributed by atoms with Crippen LogP contribution in [0.2, 0.25) is 5.02 Å². The molecule has 0 radical (unpaired) electrons. The molecule has 1 saturated carbocycles. The Morgan fingerprint density at radius 2 is 2.04 bits per heavy atom. The van der Waals surface area contributed by atoms with E-state index in [0.29, 0.717) is 5.56 Å². The van der Waals surface area contributed by atoms with Gasteiger partial charge in [-0.3, -0.25) is 9.89 Å². The van der Waals surface area contributed by atoms with Crippen molar-refractivity contribution < 1.29 is 22.7 Å². The van der Waals surface area contributed by atoms with Crippen LogP contribution in [0.4, 0.5) is 13.2 Å². The zero-order valence-corrected chi connectivity index (χ0v) is 14.3. The molecule has 0 aliphatic heterocycles. The number of aromatic nitrogens is 3. The van der Waals surface area contributed by atoms with Crippen LogP contribution in [0.25, 0.3) is 0 Å². The van der Waals surface area contributed by atoms with Crippen LogP contribution in [0, 0.1) is 0 Å². The molecular formula is C16H16ClF3N4O2. The summed E-state index contributed by atoms with van der Waals surface area (Å²) in [5.41, 5.74) is 0.441. The summed E-state index contributed by atoms with van der Waals surface area (Å²) in [6, 6.07) is 3.81. The van der Waals surface area contributed by atoms with E-state index < -0.39 is 12.1 Å². The quantitative estimate of drug-likeness (QED) is 0.842. The first-order chi connectivity index (χ1) is 12.3. The van der Waals surface area contributed by atoms with Crippen molar-refractivity contribution in [3.8, 4) is 5.75 Å². The van der Waals surface area contributed by atoms with E-state index in [4.69, 9.17) is 11.6 Å². The number of halogens is 4. The average Bonchev–Trinajstić information content (AvgIpc) is 3.23. The summed E-state index contributed by atoms with van der Waals surface area (Å²) < 4.78 is 41.4. The fourth-order valence-corrected chi connectivity index (χ4v) is 3.38. The number of nitrogens with zero attached hydrogens (tertiary/aromatic N) is 3. The molecule has 1 fully saturated rings. The number of alkyl halides is 3. The predicted octanol–water partition coefficient (Wildman–Crippen LogP) is 3.94. The molecule has 1 aliphatic carbocycles. The average molecular weight is 389 g/mol. The Labute approximate surface area is 152 Å². The van der Waals surface area contributed by atoms with Crippen LogP contribution in [0.15, 0.2) is 24.5 Å². The largest absolute Gasteiger partial charge is 0.573 e. The second kappa shape index (κ2) is 7.53. The van der Waals surface area contributed by atoms with Crippen LogP contribution in [0.3, 0.4) is 0 Å². The van der Waals surface area contributed by atoms with Crippen LogP contribution in [-0.4, -0.2) is 38.4 Å². The zero-order valence-electron chi connectivity index (χ0n) is 13.6. The maximum atomic E-state index is 12.7. The minimum absolute atomic E-state index is 0.0152. The van der Waals surface area contributed by atoms with E-state index in [1.165, 1.54) is 18.5 Å². The summed E-state index contributed by atoms with van der Waals surface area (Å²) in [6.45, 7) is 0.0962. The molecule has 1 heterocycles. The number of nitrogens with one attached hydrogen (secondary N) is 1. The van der Waals surface area contributed by atoms with Gasteiger partial charge in [0.1, 0.15) is 12.1 Å². The molecule has 0 bridgehead atoms. The van der Waals surface area contributed by atoms with Gasteiger partial charge in [0, 0.05) is 17.6 Å². The maximum absolute atomic E-state index is 12.7. The molecule has 1 amide bonds. The molecule has 1 aromatic carbocycles. The van der Waals surface area contributed by atoms with E-state index in [1.54, 1.807) is 4.90 Å². The minimum atomic E-state index is -4.82. The zero-order chi connectivity index (χ0) is 18.7. The highest BCUT2D eigenvalue weighted by atomic mass is 35.5. The third kappa shape index (κ3) is 4.66. The van der Waals surface area contributed by atoms with Gasteiger partial charge < -0.3 is 9.64 Å². The van der Waals surface area contributed by atoms with E-state index in [-0.39, 0.29) is 29.3 Å². The van der Waals surface area contributed by atoms with Crippen molar-refractivity contribution in [1.82, 2.24) is 20.1 Å². The van der Waals surface area contributed by atoms with Gasteiger partial charge in [-0.15, -0.1) is 13.2 Å². The van der Waals surface area contributed by atoms with Crippen LogP contribution in [-0.2, 0) is 6.54 Å². The predicted molar refractivity (Wildman–Crippen MR) is 86.6 cm³/mol. The lowest BCUT2D eigenvalue weighted by Gasteiger charge is -2.28. The summed E-state index contributed by atoms with van der Waals surface area (Å²) in [5.74, 6) is -0.683. The van der Waals surface area contributed by atoms with Crippen molar-refractivity contribution >= 4 is 17.5 Å². The van der Waals surface area contributed by atoms with Gasteiger partial charge in [-0.1, -0.05) is 24.4 Å². The number of benzene rings is 1. The van der Waals surface area contributed by atoms with Crippen molar-refractivity contribution in [1.29, 1.82) is 0 Å². The summed E-state index contributed by atoms with van der Waals surface area (Å²) in [6.07, 6.45) is 0.0435. The number of amides is 1. The molecule has 0 atom stereocenters. The standard InChI is InChI=1S/C16H16ClF3N4O2/c17-11-5-10(6-13(7-11)26-16(18,19)20)8-24(12-3-1-2-4-12)15(25)14-21-9-22-23-14/h5-7,9,12H,1-4,8H2,(H,21,22,23). The summed E-state index contributed by atoms with van der Waals surface area (Å²) >= 11 is 5.92. The van der Waals surface area contributed by atoms with Crippen molar-refractivity contribution in [2.45, 2.75) is 44.6 Å². The van der Waals surface area contributed by atoms with Gasteiger partial charge in [-0.25, -0.2) is 4.98 Å². The highest BCUT2D eigenvalue weighted by Gasteiger charge is 2.32. The number of hydrogen-bond acceptors (Lipinski definition) is 4. The van der Waals surface area contributed by atoms with Crippen molar-refractivity contribution in [3.05, 3.63) is 40.9 Å². The van der Waals surface area contributed by atoms with Crippen LogP contribution >= 0.6 is 11.6 Å². The Balaban J connectivity index is 1.85. The topological polar surface area (TPSA) is 71.1 Å². The monoisotopic (exact) mass is 388 g/mol. The van der Waals surface area contributed by atoms with Crippen molar-refractivity contribution in [2.24, 2.45) is 0 Å². The Morgan fingerprint density at radius 3 is 2.65 bits per heavy atom. The maximum Gasteiger partial charge on any atom is 0.573 e. The first-order valence-corrected chi connectivity index (χ1v) is 8.41. The molecule has 1 aliphatic rings. The van der Waals surface area contributed by atoms with E-state index in [2.05, 4.69) is 19.9 Å². The Hall–Kier alpha value is -2.29. The summed E-state index contributed by atoms with van der Waals surface area (Å²) in [7, 11) is 0. The van der Waals surface area contributed by atoms with Gasteiger partial charge in [0.25, 0.3) is 5.91 Å². The first kappa shape index (κ1) is 18.5. The smallest absolute Gasteiger partial charge is 0.406 e. The molecule has 0 unspecified atom stereocenters. The minimum Gasteiger partial charge on any atom is -0.406 e. The molecule has 0 spiro atoms. The fraction of sp³-hybridized carbons (Fsp3) is 0.438. The molecular weight excluding hydrogens is 373 g/mol. The van der Waals surface area contributed by atoms with Crippen LogP contribution in [0.5, 0.6) is 5.75 Å². The SMILES string of the molecule is O=C(c1ncn[nH]1)N(Cc1cc(Cl)cc(OC(F)(F)F)c1)C1CCCC1. The number of H-pyrrole nitrogens is 1. The van der Waals surface area contributed by atoms with Gasteiger partial charge in [0.15, 0.2) is 0 Å². The van der Waals surface area contributed by atoms with E-state index in [0.717, 1.165) is 31.7 Å². The molecule has 2 aromatic rings. The second-order valence-corrected chi connectivity index (χ2v) is 6.48. The molecule has 0 saturated heterocycles. The van der Waals surface area contributed by atoms with E-state index in [1.807, 2.05) is 0 Å².